The lowest BCUT2D eigenvalue weighted by atomic mass is 10.0. The molecule has 1 aromatic rings. The van der Waals surface area contributed by atoms with Gasteiger partial charge in [0.15, 0.2) is 0 Å². The van der Waals surface area contributed by atoms with Gasteiger partial charge < -0.3 is 15.3 Å². The van der Waals surface area contributed by atoms with Crippen molar-refractivity contribution in [1.29, 1.82) is 0 Å². The monoisotopic (exact) mass is 277 g/mol. The first kappa shape index (κ1) is 15.3. The predicted octanol–water partition coefficient (Wildman–Crippen LogP) is 1.51. The van der Waals surface area contributed by atoms with Crippen LogP contribution in [0.15, 0.2) is 24.3 Å². The van der Waals surface area contributed by atoms with Crippen LogP contribution in [0.2, 0.25) is 0 Å². The molecule has 1 heterocycles. The van der Waals surface area contributed by atoms with E-state index in [0.29, 0.717) is 5.75 Å². The van der Waals surface area contributed by atoms with Crippen LogP contribution in [-0.2, 0) is 6.54 Å². The largest absolute Gasteiger partial charge is 0.508 e. The van der Waals surface area contributed by atoms with Crippen LogP contribution < -0.4 is 5.32 Å². The molecule has 1 aliphatic heterocycles. The second-order valence-electron chi connectivity index (χ2n) is 6.38. The van der Waals surface area contributed by atoms with Crippen molar-refractivity contribution in [1.82, 2.24) is 15.1 Å². The Bertz CT molecular complexity index is 425. The Balaban J connectivity index is 1.80. The predicted molar refractivity (Wildman–Crippen MR) is 83.0 cm³/mol. The highest BCUT2D eigenvalue weighted by molar-refractivity contribution is 5.26. The van der Waals surface area contributed by atoms with E-state index < -0.39 is 0 Å². The fraction of sp³-hybridized carbons (Fsp3) is 0.625. The van der Waals surface area contributed by atoms with Crippen LogP contribution in [0.4, 0.5) is 0 Å². The lowest BCUT2D eigenvalue weighted by Crippen LogP contribution is -2.57. The van der Waals surface area contributed by atoms with E-state index in [2.05, 4.69) is 36.0 Å². The molecule has 1 aromatic carbocycles. The van der Waals surface area contributed by atoms with E-state index in [1.165, 1.54) is 0 Å². The molecule has 112 valence electrons. The Labute approximate surface area is 122 Å². The van der Waals surface area contributed by atoms with Crippen molar-refractivity contribution in [3.63, 3.8) is 0 Å². The Morgan fingerprint density at radius 2 is 1.90 bits per heavy atom. The van der Waals surface area contributed by atoms with Crippen LogP contribution >= 0.6 is 0 Å². The molecule has 0 saturated carbocycles. The summed E-state index contributed by atoms with van der Waals surface area (Å²) in [5.41, 5.74) is 1.29. The Kier molecular flexibility index (Phi) is 5.02. The number of rotatable bonds is 5. The number of nitrogens with zero attached hydrogens (tertiary/aromatic N) is 2. The van der Waals surface area contributed by atoms with Gasteiger partial charge in [-0.3, -0.25) is 4.90 Å². The molecule has 0 aliphatic carbocycles. The topological polar surface area (TPSA) is 38.7 Å². The average Bonchev–Trinajstić information content (AvgIpc) is 2.39. The quantitative estimate of drug-likeness (QED) is 0.856. The molecule has 4 heteroatoms. The van der Waals surface area contributed by atoms with Gasteiger partial charge in [-0.15, -0.1) is 0 Å². The zero-order valence-electron chi connectivity index (χ0n) is 12.9. The zero-order valence-corrected chi connectivity index (χ0v) is 12.9. The van der Waals surface area contributed by atoms with Gasteiger partial charge in [-0.1, -0.05) is 12.1 Å². The standard InChI is InChI=1S/C16H27N3O/c1-16(2,19-9-7-18(3)8-10-19)13-17-12-14-5-4-6-15(20)11-14/h4-6,11,17,20H,7-10,12-13H2,1-3H3. The van der Waals surface area contributed by atoms with Crippen molar-refractivity contribution in [2.24, 2.45) is 0 Å². The van der Waals surface area contributed by atoms with Gasteiger partial charge in [-0.25, -0.2) is 0 Å². The summed E-state index contributed by atoms with van der Waals surface area (Å²) in [4.78, 5) is 4.94. The minimum atomic E-state index is 0.165. The average molecular weight is 277 g/mol. The summed E-state index contributed by atoms with van der Waals surface area (Å²) < 4.78 is 0. The zero-order chi connectivity index (χ0) is 14.6. The van der Waals surface area contributed by atoms with E-state index >= 15 is 0 Å². The van der Waals surface area contributed by atoms with Gasteiger partial charge >= 0.3 is 0 Å². The van der Waals surface area contributed by atoms with Gasteiger partial charge in [0.25, 0.3) is 0 Å². The van der Waals surface area contributed by atoms with E-state index in [9.17, 15) is 5.11 Å². The molecule has 1 saturated heterocycles. The lowest BCUT2D eigenvalue weighted by molar-refractivity contribution is 0.0618. The molecule has 0 unspecified atom stereocenters. The first-order chi connectivity index (χ1) is 9.47. The first-order valence-corrected chi connectivity index (χ1v) is 7.39. The molecule has 0 radical (unpaired) electrons. The second-order valence-corrected chi connectivity index (χ2v) is 6.38. The molecule has 20 heavy (non-hydrogen) atoms. The Hall–Kier alpha value is -1.10. The number of phenolic OH excluding ortho intramolecular Hbond substituents is 1. The molecule has 2 N–H and O–H groups in total. The number of hydrogen-bond donors (Lipinski definition) is 2. The lowest BCUT2D eigenvalue weighted by Gasteiger charge is -2.43. The summed E-state index contributed by atoms with van der Waals surface area (Å²) in [6.45, 7) is 10.9. The molecule has 1 fully saturated rings. The normalized spacial score (nSPS) is 18.4. The number of likely N-dealkylation sites (N-methyl/N-ethyl adjacent to an activating group) is 1. The van der Waals surface area contributed by atoms with Crippen molar-refractivity contribution in [3.05, 3.63) is 29.8 Å². The molecule has 0 atom stereocenters. The number of nitrogens with one attached hydrogen (secondary N) is 1. The van der Waals surface area contributed by atoms with Crippen LogP contribution in [0.3, 0.4) is 0 Å². The molecule has 2 rings (SSSR count). The van der Waals surface area contributed by atoms with Crippen molar-refractivity contribution in [2.75, 3.05) is 39.8 Å². The number of phenols is 1. The van der Waals surface area contributed by atoms with Gasteiger partial charge in [0.05, 0.1) is 0 Å². The second kappa shape index (κ2) is 6.57. The van der Waals surface area contributed by atoms with Crippen LogP contribution in [0.25, 0.3) is 0 Å². The maximum atomic E-state index is 9.46. The highest BCUT2D eigenvalue weighted by Gasteiger charge is 2.28. The third-order valence-corrected chi connectivity index (χ3v) is 4.16. The van der Waals surface area contributed by atoms with Gasteiger partial charge in [0.1, 0.15) is 5.75 Å². The van der Waals surface area contributed by atoms with E-state index in [-0.39, 0.29) is 5.54 Å². The summed E-state index contributed by atoms with van der Waals surface area (Å²) in [6, 6.07) is 7.45. The van der Waals surface area contributed by atoms with E-state index in [0.717, 1.165) is 44.8 Å². The van der Waals surface area contributed by atoms with Crippen LogP contribution in [-0.4, -0.2) is 60.2 Å². The summed E-state index contributed by atoms with van der Waals surface area (Å²) in [7, 11) is 2.18. The molecular formula is C16H27N3O. The highest BCUT2D eigenvalue weighted by Crippen LogP contribution is 2.16. The number of hydrogen-bond acceptors (Lipinski definition) is 4. The van der Waals surface area contributed by atoms with Crippen molar-refractivity contribution in [2.45, 2.75) is 25.9 Å². The molecule has 0 bridgehead atoms. The van der Waals surface area contributed by atoms with Crippen molar-refractivity contribution in [3.8, 4) is 5.75 Å². The van der Waals surface area contributed by atoms with Gasteiger partial charge in [0.2, 0.25) is 0 Å². The van der Waals surface area contributed by atoms with Gasteiger partial charge in [-0.2, -0.15) is 0 Å². The number of aromatic hydroxyl groups is 1. The maximum Gasteiger partial charge on any atom is 0.115 e. The fourth-order valence-electron chi connectivity index (χ4n) is 2.70. The van der Waals surface area contributed by atoms with Crippen LogP contribution in [0, 0.1) is 0 Å². The van der Waals surface area contributed by atoms with E-state index in [1.54, 1.807) is 6.07 Å². The first-order valence-electron chi connectivity index (χ1n) is 7.39. The Morgan fingerprint density at radius 3 is 2.55 bits per heavy atom. The van der Waals surface area contributed by atoms with Gasteiger partial charge in [0, 0.05) is 44.8 Å². The third kappa shape index (κ3) is 4.20. The molecule has 4 nitrogen and oxygen atoms in total. The minimum Gasteiger partial charge on any atom is -0.508 e. The van der Waals surface area contributed by atoms with E-state index in [1.807, 2.05) is 18.2 Å². The maximum absolute atomic E-state index is 9.46. The molecular weight excluding hydrogens is 250 g/mol. The number of benzene rings is 1. The third-order valence-electron chi connectivity index (χ3n) is 4.16. The van der Waals surface area contributed by atoms with Crippen molar-refractivity contribution >= 4 is 0 Å². The number of piperazine rings is 1. The van der Waals surface area contributed by atoms with E-state index in [4.69, 9.17) is 0 Å². The minimum absolute atomic E-state index is 0.165. The van der Waals surface area contributed by atoms with Crippen molar-refractivity contribution < 1.29 is 5.11 Å². The SMILES string of the molecule is CN1CCN(C(C)(C)CNCc2cccc(O)c2)CC1. The molecule has 0 aromatic heterocycles. The summed E-state index contributed by atoms with van der Waals surface area (Å²) >= 11 is 0. The summed E-state index contributed by atoms with van der Waals surface area (Å²) in [5, 5.41) is 13.0. The van der Waals surface area contributed by atoms with Gasteiger partial charge in [-0.05, 0) is 38.6 Å². The summed E-state index contributed by atoms with van der Waals surface area (Å²) in [6.07, 6.45) is 0. The summed E-state index contributed by atoms with van der Waals surface area (Å²) in [5.74, 6) is 0.336. The molecule has 0 spiro atoms. The highest BCUT2D eigenvalue weighted by atomic mass is 16.3. The molecule has 0 amide bonds. The smallest absolute Gasteiger partial charge is 0.115 e. The molecule has 1 aliphatic rings. The van der Waals surface area contributed by atoms with Crippen LogP contribution in [0.5, 0.6) is 5.75 Å². The Morgan fingerprint density at radius 1 is 1.20 bits per heavy atom. The fourth-order valence-corrected chi connectivity index (χ4v) is 2.70. The van der Waals surface area contributed by atoms with Crippen LogP contribution in [0.1, 0.15) is 19.4 Å².